The van der Waals surface area contributed by atoms with Crippen LogP contribution in [0.3, 0.4) is 0 Å². The third-order valence-electron chi connectivity index (χ3n) is 2.49. The van der Waals surface area contributed by atoms with Crippen LogP contribution in [0.5, 0.6) is 0 Å². The highest BCUT2D eigenvalue weighted by Gasteiger charge is 2.14. The van der Waals surface area contributed by atoms with Crippen molar-refractivity contribution in [2.75, 3.05) is 13.2 Å². The summed E-state index contributed by atoms with van der Waals surface area (Å²) in [6, 6.07) is 0. The van der Waals surface area contributed by atoms with Crippen LogP contribution >= 0.6 is 15.9 Å². The van der Waals surface area contributed by atoms with Gasteiger partial charge in [0.05, 0.1) is 22.0 Å². The fourth-order valence-electron chi connectivity index (χ4n) is 1.59. The van der Waals surface area contributed by atoms with Crippen LogP contribution in [-0.4, -0.2) is 34.2 Å². The van der Waals surface area contributed by atoms with Crippen molar-refractivity contribution in [1.29, 1.82) is 0 Å². The number of aliphatic hydroxyl groups is 1. The van der Waals surface area contributed by atoms with Crippen LogP contribution in [0.25, 0.3) is 0 Å². The molecular weight excluding hydrogens is 272 g/mol. The summed E-state index contributed by atoms with van der Waals surface area (Å²) in [5.74, 6) is 0. The van der Waals surface area contributed by atoms with E-state index in [0.717, 1.165) is 15.9 Å². The fourth-order valence-corrected chi connectivity index (χ4v) is 2.09. The van der Waals surface area contributed by atoms with Crippen LogP contribution in [0, 0.1) is 6.92 Å². The smallest absolute Gasteiger partial charge is 0.0738 e. The first-order valence-electron chi connectivity index (χ1n) is 5.50. The molecule has 1 atom stereocenters. The van der Waals surface area contributed by atoms with E-state index >= 15 is 0 Å². The highest BCUT2D eigenvalue weighted by Crippen LogP contribution is 2.21. The number of hydrogen-bond acceptors (Lipinski definition) is 3. The van der Waals surface area contributed by atoms with E-state index in [1.165, 1.54) is 0 Å². The van der Waals surface area contributed by atoms with Crippen LogP contribution in [0.2, 0.25) is 0 Å². The summed E-state index contributed by atoms with van der Waals surface area (Å²) >= 11 is 3.49. The number of aryl methyl sites for hydroxylation is 2. The van der Waals surface area contributed by atoms with Crippen molar-refractivity contribution in [2.24, 2.45) is 7.05 Å². The minimum Gasteiger partial charge on any atom is -0.393 e. The van der Waals surface area contributed by atoms with Crippen molar-refractivity contribution in [3.05, 3.63) is 15.9 Å². The van der Waals surface area contributed by atoms with Crippen molar-refractivity contribution in [3.8, 4) is 0 Å². The second-order valence-corrected chi connectivity index (χ2v) is 4.61. The van der Waals surface area contributed by atoms with Crippen LogP contribution in [0.4, 0.5) is 0 Å². The van der Waals surface area contributed by atoms with Gasteiger partial charge in [-0.15, -0.1) is 0 Å². The minimum atomic E-state index is -0.377. The molecule has 16 heavy (non-hydrogen) atoms. The molecule has 0 bridgehead atoms. The van der Waals surface area contributed by atoms with Gasteiger partial charge in [0.15, 0.2) is 0 Å². The first kappa shape index (κ1) is 13.7. The molecule has 0 saturated carbocycles. The molecule has 1 N–H and O–H groups in total. The highest BCUT2D eigenvalue weighted by molar-refractivity contribution is 9.10. The second-order valence-electron chi connectivity index (χ2n) is 3.81. The zero-order valence-corrected chi connectivity index (χ0v) is 11.6. The van der Waals surface area contributed by atoms with Gasteiger partial charge in [-0.2, -0.15) is 5.10 Å². The number of nitrogens with zero attached hydrogens (tertiary/aromatic N) is 2. The van der Waals surface area contributed by atoms with Crippen molar-refractivity contribution < 1.29 is 9.84 Å². The lowest BCUT2D eigenvalue weighted by Gasteiger charge is -2.11. The predicted octanol–water partition coefficient (Wildman–Crippen LogP) is 1.82. The van der Waals surface area contributed by atoms with E-state index in [4.69, 9.17) is 4.74 Å². The Labute approximate surface area is 105 Å². The van der Waals surface area contributed by atoms with Crippen LogP contribution < -0.4 is 0 Å². The molecule has 0 aliphatic rings. The molecule has 1 heterocycles. The molecule has 4 nitrogen and oxygen atoms in total. The van der Waals surface area contributed by atoms with Gasteiger partial charge in [0.1, 0.15) is 0 Å². The van der Waals surface area contributed by atoms with Gasteiger partial charge >= 0.3 is 0 Å². The third-order valence-corrected chi connectivity index (χ3v) is 3.52. The van der Waals surface area contributed by atoms with E-state index in [1.807, 2.05) is 25.6 Å². The standard InChI is InChI=1S/C11H19BrN2O2/c1-4-16-6-5-9(15)7-10-11(12)8(2)13-14(10)3/h9,15H,4-7H2,1-3H3. The third kappa shape index (κ3) is 3.57. The average molecular weight is 291 g/mol. The fraction of sp³-hybridized carbons (Fsp3) is 0.727. The van der Waals surface area contributed by atoms with Gasteiger partial charge in [-0.1, -0.05) is 0 Å². The molecule has 1 unspecified atom stereocenters. The normalized spacial score (nSPS) is 13.1. The lowest BCUT2D eigenvalue weighted by Crippen LogP contribution is -2.16. The van der Waals surface area contributed by atoms with Gasteiger partial charge in [0.25, 0.3) is 0 Å². The number of ether oxygens (including phenoxy) is 1. The van der Waals surface area contributed by atoms with E-state index in [1.54, 1.807) is 0 Å². The van der Waals surface area contributed by atoms with Crippen molar-refractivity contribution in [1.82, 2.24) is 9.78 Å². The number of rotatable bonds is 6. The molecule has 92 valence electrons. The monoisotopic (exact) mass is 290 g/mol. The summed E-state index contributed by atoms with van der Waals surface area (Å²) in [5, 5.41) is 14.1. The van der Waals surface area contributed by atoms with E-state index < -0.39 is 0 Å². The number of aromatic nitrogens is 2. The molecule has 1 aromatic heterocycles. The van der Waals surface area contributed by atoms with E-state index in [-0.39, 0.29) is 6.10 Å². The van der Waals surface area contributed by atoms with Crippen molar-refractivity contribution in [3.63, 3.8) is 0 Å². The topological polar surface area (TPSA) is 47.3 Å². The Balaban J connectivity index is 2.52. The molecule has 0 aliphatic heterocycles. The summed E-state index contributed by atoms with van der Waals surface area (Å²) in [7, 11) is 1.89. The lowest BCUT2D eigenvalue weighted by molar-refractivity contribution is 0.0877. The number of hydrogen-bond donors (Lipinski definition) is 1. The zero-order chi connectivity index (χ0) is 12.1. The van der Waals surface area contributed by atoms with E-state index in [2.05, 4.69) is 21.0 Å². The Morgan fingerprint density at radius 2 is 2.25 bits per heavy atom. The number of halogens is 1. The van der Waals surface area contributed by atoms with Crippen LogP contribution in [0.1, 0.15) is 24.7 Å². The Bertz CT molecular complexity index is 339. The van der Waals surface area contributed by atoms with Gasteiger partial charge in [-0.25, -0.2) is 0 Å². The van der Waals surface area contributed by atoms with Crippen molar-refractivity contribution >= 4 is 15.9 Å². The second kappa shape index (κ2) is 6.37. The Kier molecular flexibility index (Phi) is 5.44. The Morgan fingerprint density at radius 3 is 2.75 bits per heavy atom. The van der Waals surface area contributed by atoms with Gasteiger partial charge in [0.2, 0.25) is 0 Å². The summed E-state index contributed by atoms with van der Waals surface area (Å²) in [6.45, 7) is 5.20. The van der Waals surface area contributed by atoms with Gasteiger partial charge < -0.3 is 9.84 Å². The maximum absolute atomic E-state index is 9.85. The van der Waals surface area contributed by atoms with E-state index in [0.29, 0.717) is 26.1 Å². The Hall–Kier alpha value is -0.390. The summed E-state index contributed by atoms with van der Waals surface area (Å²) < 4.78 is 8.01. The quantitative estimate of drug-likeness (QED) is 0.813. The van der Waals surface area contributed by atoms with Gasteiger partial charge in [-0.3, -0.25) is 4.68 Å². The molecule has 0 fully saturated rings. The SMILES string of the molecule is CCOCCC(O)Cc1c(Br)c(C)nn1C. The first-order chi connectivity index (χ1) is 7.56. The molecule has 0 amide bonds. The molecule has 1 aromatic rings. The molecule has 5 heteroatoms. The zero-order valence-electron chi connectivity index (χ0n) is 10.0. The number of aliphatic hydroxyl groups excluding tert-OH is 1. The summed E-state index contributed by atoms with van der Waals surface area (Å²) in [6.07, 6.45) is 0.882. The van der Waals surface area contributed by atoms with E-state index in [9.17, 15) is 5.11 Å². The molecule has 0 spiro atoms. The van der Waals surface area contributed by atoms with Gasteiger partial charge in [-0.05, 0) is 36.2 Å². The largest absolute Gasteiger partial charge is 0.393 e. The van der Waals surface area contributed by atoms with Gasteiger partial charge in [0, 0.05) is 26.7 Å². The minimum absolute atomic E-state index is 0.377. The van der Waals surface area contributed by atoms with Crippen LogP contribution in [-0.2, 0) is 18.2 Å². The molecule has 0 aliphatic carbocycles. The average Bonchev–Trinajstić information content (AvgIpc) is 2.46. The summed E-state index contributed by atoms with van der Waals surface area (Å²) in [5.41, 5.74) is 1.98. The molecular formula is C11H19BrN2O2. The van der Waals surface area contributed by atoms with Crippen molar-refractivity contribution in [2.45, 2.75) is 32.8 Å². The maximum atomic E-state index is 9.85. The molecule has 1 rings (SSSR count). The maximum Gasteiger partial charge on any atom is 0.0738 e. The van der Waals surface area contributed by atoms with Crippen LogP contribution in [0.15, 0.2) is 4.47 Å². The first-order valence-corrected chi connectivity index (χ1v) is 6.29. The molecule has 0 radical (unpaired) electrons. The lowest BCUT2D eigenvalue weighted by atomic mass is 10.1. The Morgan fingerprint density at radius 1 is 1.56 bits per heavy atom. The highest BCUT2D eigenvalue weighted by atomic mass is 79.9. The molecule has 0 saturated heterocycles. The molecule has 0 aromatic carbocycles. The predicted molar refractivity (Wildman–Crippen MR) is 66.5 cm³/mol. The summed E-state index contributed by atoms with van der Waals surface area (Å²) in [4.78, 5) is 0.